The summed E-state index contributed by atoms with van der Waals surface area (Å²) in [6.45, 7) is 0. The Hall–Kier alpha value is 4.96. The van der Waals surface area contributed by atoms with E-state index in [4.69, 9.17) is 0 Å². The molecule has 7 heteroatoms. The summed E-state index contributed by atoms with van der Waals surface area (Å²) in [7, 11) is 0. The Labute approximate surface area is 148 Å². The van der Waals surface area contributed by atoms with Gasteiger partial charge in [-0.05, 0) is 0 Å². The molecule has 0 nitrogen and oxygen atoms in total. The molecule has 0 spiro atoms. The van der Waals surface area contributed by atoms with E-state index in [0.717, 1.165) is 0 Å². The van der Waals surface area contributed by atoms with Crippen LogP contribution >= 0.6 is 0 Å². The minimum Gasteiger partial charge on any atom is 0 e. The summed E-state index contributed by atoms with van der Waals surface area (Å²) in [5.74, 6) is 0. The maximum absolute atomic E-state index is 0. The molecule has 0 aliphatic rings. The number of hydrogen-bond acceptors (Lipinski definition) is 0. The van der Waals surface area contributed by atoms with E-state index >= 15 is 0 Å². The molecule has 0 fully saturated rings. The second-order valence-corrected chi connectivity index (χ2v) is 0. The molecule has 0 atom stereocenters. The van der Waals surface area contributed by atoms with Gasteiger partial charge in [-0.25, -0.2) is 0 Å². The minimum atomic E-state index is 0. The van der Waals surface area contributed by atoms with E-state index in [9.17, 15) is 0 Å². The molecule has 0 radical (unpaired) electrons. The van der Waals surface area contributed by atoms with Crippen LogP contribution in [0.5, 0.6) is 0 Å². The van der Waals surface area contributed by atoms with Crippen LogP contribution in [0.15, 0.2) is 0 Å². The molecule has 0 aromatic rings. The SMILES string of the molecule is [Cd].[Cd].[Zn].[Zn].[Zn].[Zn].[Zn]. The van der Waals surface area contributed by atoms with Gasteiger partial charge in [-0.3, -0.25) is 0 Å². The van der Waals surface area contributed by atoms with Crippen molar-refractivity contribution in [1.29, 1.82) is 0 Å². The van der Waals surface area contributed by atoms with Crippen molar-refractivity contribution in [3.05, 3.63) is 0 Å². The smallest absolute Gasteiger partial charge is 0 e. The zero-order valence-corrected chi connectivity index (χ0v) is 27.9. The largest absolute Gasteiger partial charge is 0 e. The van der Waals surface area contributed by atoms with Crippen molar-refractivity contribution in [2.45, 2.75) is 0 Å². The molecule has 0 aliphatic heterocycles. The molecule has 0 aliphatic carbocycles. The summed E-state index contributed by atoms with van der Waals surface area (Å²) < 4.78 is 0. The van der Waals surface area contributed by atoms with Gasteiger partial charge in [0.1, 0.15) is 0 Å². The van der Waals surface area contributed by atoms with E-state index in [-0.39, 0.29) is 152 Å². The van der Waals surface area contributed by atoms with Crippen molar-refractivity contribution in [3.63, 3.8) is 0 Å². The van der Waals surface area contributed by atoms with Crippen LogP contribution < -0.4 is 0 Å². The summed E-state index contributed by atoms with van der Waals surface area (Å²) >= 11 is 0. The van der Waals surface area contributed by atoms with Crippen LogP contribution in [0, 0.1) is 0 Å². The van der Waals surface area contributed by atoms with Crippen LogP contribution in [0.1, 0.15) is 0 Å². The van der Waals surface area contributed by atoms with Crippen LogP contribution in [0.4, 0.5) is 0 Å². The quantitative estimate of drug-likeness (QED) is 0.372. The van der Waals surface area contributed by atoms with Gasteiger partial charge >= 0.3 is 0 Å². The van der Waals surface area contributed by atoms with Crippen molar-refractivity contribution in [2.75, 3.05) is 0 Å². The Bertz CT molecular complexity index is 6.04. The molecule has 0 saturated carbocycles. The summed E-state index contributed by atoms with van der Waals surface area (Å²) in [4.78, 5) is 0. The predicted molar refractivity (Wildman–Crippen MR) is 0 cm³/mol. The van der Waals surface area contributed by atoms with E-state index in [0.29, 0.717) is 0 Å². The van der Waals surface area contributed by atoms with Gasteiger partial charge in [0, 0.05) is 152 Å². The number of hydrogen-bond donors (Lipinski definition) is 0. The summed E-state index contributed by atoms with van der Waals surface area (Å²) in [6, 6.07) is 0. The van der Waals surface area contributed by atoms with E-state index in [1.165, 1.54) is 0 Å². The maximum Gasteiger partial charge on any atom is 0 e. The molecular formula is Cd2Zn5. The first-order valence-corrected chi connectivity index (χ1v) is 0. The van der Waals surface area contributed by atoms with Crippen LogP contribution in [0.3, 0.4) is 0 Å². The van der Waals surface area contributed by atoms with Crippen molar-refractivity contribution in [3.8, 4) is 0 Å². The molecule has 14 valence electrons. The molecule has 0 amide bonds. The molecule has 0 bridgehead atoms. The Morgan fingerprint density at radius 2 is 0.286 bits per heavy atom. The first kappa shape index (κ1) is 58.4. The summed E-state index contributed by atoms with van der Waals surface area (Å²) in [5.41, 5.74) is 0. The Kier molecular flexibility index (Phi) is 369. The third-order valence-electron chi connectivity index (χ3n) is 0. The average Bonchev–Trinajstić information content (AvgIpc) is 0. The maximum atomic E-state index is 0. The van der Waals surface area contributed by atoms with Gasteiger partial charge in [0.05, 0.1) is 0 Å². The van der Waals surface area contributed by atoms with E-state index in [1.807, 2.05) is 0 Å². The third kappa shape index (κ3) is 35.8. The third-order valence-corrected chi connectivity index (χ3v) is 0. The number of rotatable bonds is 0. The van der Waals surface area contributed by atoms with Gasteiger partial charge in [-0.1, -0.05) is 0 Å². The van der Waals surface area contributed by atoms with Crippen LogP contribution in [0.25, 0.3) is 0 Å². The minimum absolute atomic E-state index is 0. The molecule has 0 N–H and O–H groups in total. The fraction of sp³-hybridized carbons (Fsp3) is 0. The Balaban J connectivity index is 0. The molecule has 7 heavy (non-hydrogen) atoms. The van der Waals surface area contributed by atoms with Gasteiger partial charge < -0.3 is 0 Å². The zero-order chi connectivity index (χ0) is 0. The van der Waals surface area contributed by atoms with Gasteiger partial charge in [0.2, 0.25) is 0 Å². The topological polar surface area (TPSA) is 0 Å². The molecule has 0 rings (SSSR count). The zero-order valence-electron chi connectivity index (χ0n) is 4.95. The normalized spacial score (nSPS) is 0. The van der Waals surface area contributed by atoms with Crippen LogP contribution in [-0.2, 0) is 152 Å². The molecule has 0 unspecified atom stereocenters. The second kappa shape index (κ2) is 44.2. The van der Waals surface area contributed by atoms with Gasteiger partial charge in [-0.15, -0.1) is 0 Å². The standard InChI is InChI=1S/2Cd.5Zn. The fourth-order valence-corrected chi connectivity index (χ4v) is 0. The van der Waals surface area contributed by atoms with E-state index in [1.54, 1.807) is 0 Å². The van der Waals surface area contributed by atoms with Gasteiger partial charge in [0.15, 0.2) is 0 Å². The average molecular weight is 552 g/mol. The molecule has 0 aromatic heterocycles. The first-order chi connectivity index (χ1) is 0. The molecule has 0 heterocycles. The Morgan fingerprint density at radius 1 is 0.286 bits per heavy atom. The first-order valence-electron chi connectivity index (χ1n) is 0. The molecule has 0 saturated heterocycles. The van der Waals surface area contributed by atoms with E-state index in [2.05, 4.69) is 0 Å². The predicted octanol–water partition coefficient (Wildman–Crippen LogP) is -0.0175. The summed E-state index contributed by atoms with van der Waals surface area (Å²) in [5, 5.41) is 0. The molecule has 0 aromatic carbocycles. The van der Waals surface area contributed by atoms with Crippen molar-refractivity contribution < 1.29 is 152 Å². The van der Waals surface area contributed by atoms with Crippen molar-refractivity contribution >= 4 is 0 Å². The molecular weight excluding hydrogens is 552 g/mol. The Morgan fingerprint density at radius 3 is 0.286 bits per heavy atom. The van der Waals surface area contributed by atoms with Crippen molar-refractivity contribution in [1.82, 2.24) is 0 Å². The fourth-order valence-electron chi connectivity index (χ4n) is 0. The van der Waals surface area contributed by atoms with Gasteiger partial charge in [-0.2, -0.15) is 0 Å². The summed E-state index contributed by atoms with van der Waals surface area (Å²) in [6.07, 6.45) is 0. The van der Waals surface area contributed by atoms with E-state index < -0.39 is 0 Å². The van der Waals surface area contributed by atoms with Crippen LogP contribution in [0.2, 0.25) is 0 Å². The monoisotopic (exact) mass is 547 g/mol. The second-order valence-electron chi connectivity index (χ2n) is 0. The van der Waals surface area contributed by atoms with Gasteiger partial charge in [0.25, 0.3) is 0 Å². The van der Waals surface area contributed by atoms with Crippen LogP contribution in [-0.4, -0.2) is 0 Å². The van der Waals surface area contributed by atoms with Crippen molar-refractivity contribution in [2.24, 2.45) is 0 Å².